The highest BCUT2D eigenvalue weighted by Gasteiger charge is 2.37. The van der Waals surface area contributed by atoms with Gasteiger partial charge in [-0.1, -0.05) is 38.1 Å². The van der Waals surface area contributed by atoms with Crippen molar-refractivity contribution in [3.63, 3.8) is 0 Å². The number of hydrogen-bond acceptors (Lipinski definition) is 4. The summed E-state index contributed by atoms with van der Waals surface area (Å²) >= 11 is 0. The second kappa shape index (κ2) is 9.23. The van der Waals surface area contributed by atoms with E-state index in [2.05, 4.69) is 12.1 Å². The van der Waals surface area contributed by atoms with Gasteiger partial charge in [0.1, 0.15) is 6.04 Å². The van der Waals surface area contributed by atoms with Crippen LogP contribution in [-0.2, 0) is 35.5 Å². The predicted octanol–water partition coefficient (Wildman–Crippen LogP) is 3.59. The molecule has 0 N–H and O–H groups in total. The molecule has 0 fully saturated rings. The van der Waals surface area contributed by atoms with E-state index in [-0.39, 0.29) is 17.7 Å². The van der Waals surface area contributed by atoms with Gasteiger partial charge in [-0.15, -0.1) is 0 Å². The molecule has 2 heterocycles. The first-order chi connectivity index (χ1) is 15.4. The van der Waals surface area contributed by atoms with Crippen LogP contribution < -0.4 is 9.47 Å². The summed E-state index contributed by atoms with van der Waals surface area (Å²) in [6.07, 6.45) is 1.77. The van der Waals surface area contributed by atoms with Gasteiger partial charge in [0, 0.05) is 32.5 Å². The number of hydrogen-bond donors (Lipinski definition) is 0. The summed E-state index contributed by atoms with van der Waals surface area (Å²) in [4.78, 5) is 30.5. The maximum absolute atomic E-state index is 13.7. The molecule has 0 aromatic heterocycles. The Morgan fingerprint density at radius 1 is 0.969 bits per heavy atom. The molecule has 2 amide bonds. The lowest BCUT2D eigenvalue weighted by atomic mass is 9.91. The number of rotatable bonds is 5. The topological polar surface area (TPSA) is 59.1 Å². The van der Waals surface area contributed by atoms with Gasteiger partial charge in [-0.25, -0.2) is 0 Å². The molecular formula is C26H32N2O4. The zero-order valence-corrected chi connectivity index (χ0v) is 19.4. The molecule has 0 aliphatic carbocycles. The summed E-state index contributed by atoms with van der Waals surface area (Å²) in [6.45, 7) is 5.71. The Labute approximate surface area is 190 Å². The highest BCUT2D eigenvalue weighted by Crippen LogP contribution is 2.34. The van der Waals surface area contributed by atoms with E-state index in [4.69, 9.17) is 9.47 Å². The molecule has 1 atom stereocenters. The van der Waals surface area contributed by atoms with Crippen molar-refractivity contribution in [1.29, 1.82) is 0 Å². The number of ether oxygens (including phenoxy) is 2. The first kappa shape index (κ1) is 22.2. The quantitative estimate of drug-likeness (QED) is 0.719. The summed E-state index contributed by atoms with van der Waals surface area (Å²) in [5, 5.41) is 0. The molecule has 170 valence electrons. The molecule has 0 spiro atoms. The van der Waals surface area contributed by atoms with Crippen molar-refractivity contribution in [3.8, 4) is 11.5 Å². The molecule has 0 radical (unpaired) electrons. The number of methoxy groups -OCH3 is 2. The lowest BCUT2D eigenvalue weighted by molar-refractivity contribution is -0.148. The van der Waals surface area contributed by atoms with Crippen molar-refractivity contribution < 1.29 is 19.1 Å². The summed E-state index contributed by atoms with van der Waals surface area (Å²) < 4.78 is 10.9. The minimum atomic E-state index is -0.460. The van der Waals surface area contributed by atoms with E-state index < -0.39 is 6.04 Å². The second-order valence-electron chi connectivity index (χ2n) is 9.09. The molecule has 2 aliphatic heterocycles. The van der Waals surface area contributed by atoms with Crippen LogP contribution in [0.4, 0.5) is 0 Å². The molecule has 4 rings (SSSR count). The number of fused-ring (bicyclic) bond motifs is 2. The molecule has 1 unspecified atom stereocenters. The van der Waals surface area contributed by atoms with E-state index in [1.165, 1.54) is 5.56 Å². The van der Waals surface area contributed by atoms with Crippen LogP contribution in [0.5, 0.6) is 11.5 Å². The smallest absolute Gasteiger partial charge is 0.246 e. The van der Waals surface area contributed by atoms with Gasteiger partial charge in [0.2, 0.25) is 11.8 Å². The fraction of sp³-hybridized carbons (Fsp3) is 0.462. The SMILES string of the molecule is COc1cc2c(cc1OC)CN(C(=O)C1Cc3ccccc3CN1C(=O)CC(C)C)CC2. The monoisotopic (exact) mass is 436 g/mol. The molecule has 0 saturated carbocycles. The third kappa shape index (κ3) is 4.31. The maximum Gasteiger partial charge on any atom is 0.246 e. The van der Waals surface area contributed by atoms with E-state index in [1.54, 1.807) is 19.1 Å². The van der Waals surface area contributed by atoms with E-state index in [0.717, 1.165) is 23.1 Å². The first-order valence-corrected chi connectivity index (χ1v) is 11.3. The predicted molar refractivity (Wildman–Crippen MR) is 123 cm³/mol. The van der Waals surface area contributed by atoms with E-state index in [0.29, 0.717) is 44.0 Å². The van der Waals surface area contributed by atoms with Crippen LogP contribution in [0.15, 0.2) is 36.4 Å². The van der Waals surface area contributed by atoms with Gasteiger partial charge in [0.15, 0.2) is 11.5 Å². The molecule has 0 saturated heterocycles. The minimum absolute atomic E-state index is 0.0250. The molecular weight excluding hydrogens is 404 g/mol. The minimum Gasteiger partial charge on any atom is -0.493 e. The van der Waals surface area contributed by atoms with Gasteiger partial charge in [-0.3, -0.25) is 9.59 Å². The Kier molecular flexibility index (Phi) is 6.40. The second-order valence-corrected chi connectivity index (χ2v) is 9.09. The fourth-order valence-corrected chi connectivity index (χ4v) is 4.75. The number of carbonyl (C=O) groups is 2. The standard InChI is InChI=1S/C26H32N2O4/c1-17(2)11-25(29)28-16-20-8-6-5-7-18(20)12-22(28)26(30)27-10-9-19-13-23(31-3)24(32-4)14-21(19)15-27/h5-8,13-14,17,22H,9-12,15-16H2,1-4H3. The van der Waals surface area contributed by atoms with Crippen molar-refractivity contribution in [1.82, 2.24) is 9.80 Å². The van der Waals surface area contributed by atoms with Crippen LogP contribution in [0, 0.1) is 5.92 Å². The summed E-state index contributed by atoms with van der Waals surface area (Å²) in [5.41, 5.74) is 4.53. The van der Waals surface area contributed by atoms with E-state index in [9.17, 15) is 9.59 Å². The van der Waals surface area contributed by atoms with Crippen LogP contribution in [0.2, 0.25) is 0 Å². The zero-order valence-electron chi connectivity index (χ0n) is 19.4. The van der Waals surface area contributed by atoms with Crippen LogP contribution in [0.3, 0.4) is 0 Å². The van der Waals surface area contributed by atoms with Gasteiger partial charge in [0.25, 0.3) is 0 Å². The normalized spacial score (nSPS) is 17.6. The lowest BCUT2D eigenvalue weighted by Crippen LogP contribution is -2.54. The van der Waals surface area contributed by atoms with Crippen molar-refractivity contribution in [3.05, 3.63) is 58.7 Å². The van der Waals surface area contributed by atoms with Crippen molar-refractivity contribution in [2.75, 3.05) is 20.8 Å². The Bertz CT molecular complexity index is 1020. The Morgan fingerprint density at radius 3 is 2.28 bits per heavy atom. The van der Waals surface area contributed by atoms with Crippen molar-refractivity contribution in [2.45, 2.75) is 52.2 Å². The maximum atomic E-state index is 13.7. The van der Waals surface area contributed by atoms with E-state index in [1.807, 2.05) is 43.0 Å². The molecule has 2 aromatic carbocycles. The van der Waals surface area contributed by atoms with Gasteiger partial charge < -0.3 is 19.3 Å². The number of benzene rings is 2. The highest BCUT2D eigenvalue weighted by atomic mass is 16.5. The van der Waals surface area contributed by atoms with Gasteiger partial charge >= 0.3 is 0 Å². The molecule has 2 aliphatic rings. The zero-order chi connectivity index (χ0) is 22.8. The molecule has 6 nitrogen and oxygen atoms in total. The number of nitrogens with zero attached hydrogens (tertiary/aromatic N) is 2. The largest absolute Gasteiger partial charge is 0.493 e. The Morgan fingerprint density at radius 2 is 1.62 bits per heavy atom. The van der Waals surface area contributed by atoms with Crippen LogP contribution in [-0.4, -0.2) is 48.4 Å². The first-order valence-electron chi connectivity index (χ1n) is 11.3. The average Bonchev–Trinajstić information content (AvgIpc) is 2.80. The van der Waals surface area contributed by atoms with Crippen LogP contribution in [0.1, 0.15) is 42.5 Å². The number of carbonyl (C=O) groups excluding carboxylic acids is 2. The Balaban J connectivity index is 1.60. The molecule has 2 aromatic rings. The third-order valence-electron chi connectivity index (χ3n) is 6.47. The lowest BCUT2D eigenvalue weighted by Gasteiger charge is -2.40. The summed E-state index contributed by atoms with van der Waals surface area (Å²) in [6, 6.07) is 11.6. The third-order valence-corrected chi connectivity index (χ3v) is 6.47. The van der Waals surface area contributed by atoms with Crippen molar-refractivity contribution in [2.24, 2.45) is 5.92 Å². The average molecular weight is 437 g/mol. The molecule has 0 bridgehead atoms. The van der Waals surface area contributed by atoms with Crippen LogP contribution in [0.25, 0.3) is 0 Å². The van der Waals surface area contributed by atoms with E-state index >= 15 is 0 Å². The van der Waals surface area contributed by atoms with Gasteiger partial charge in [-0.05, 0) is 46.7 Å². The van der Waals surface area contributed by atoms with Gasteiger partial charge in [0.05, 0.1) is 14.2 Å². The summed E-state index contributed by atoms with van der Waals surface area (Å²) in [5.74, 6) is 1.70. The van der Waals surface area contributed by atoms with Crippen LogP contribution >= 0.6 is 0 Å². The summed E-state index contributed by atoms with van der Waals surface area (Å²) in [7, 11) is 3.25. The van der Waals surface area contributed by atoms with Gasteiger partial charge in [-0.2, -0.15) is 0 Å². The highest BCUT2D eigenvalue weighted by molar-refractivity contribution is 5.89. The number of amides is 2. The fourth-order valence-electron chi connectivity index (χ4n) is 4.75. The molecule has 32 heavy (non-hydrogen) atoms. The Hall–Kier alpha value is -3.02. The molecule has 6 heteroatoms. The van der Waals surface area contributed by atoms with Crippen molar-refractivity contribution >= 4 is 11.8 Å².